The average Bonchev–Trinajstić information content (AvgIpc) is 2.60. The first-order valence-corrected chi connectivity index (χ1v) is 5.15. The number of aromatic nitrogens is 2. The first-order chi connectivity index (χ1) is 7.58. The number of aromatic amines is 1. The molecule has 1 aromatic heterocycles. The number of nitrogens with zero attached hydrogens (tertiary/aromatic N) is 1. The summed E-state index contributed by atoms with van der Waals surface area (Å²) in [5.74, 6) is -1.04. The minimum absolute atomic E-state index is 0.0162. The third-order valence-corrected chi connectivity index (χ3v) is 2.38. The normalized spacial score (nSPS) is 10.3. The summed E-state index contributed by atoms with van der Waals surface area (Å²) >= 11 is 3.07. The van der Waals surface area contributed by atoms with Gasteiger partial charge < -0.3 is 15.2 Å². The van der Waals surface area contributed by atoms with Crippen molar-refractivity contribution in [2.75, 3.05) is 0 Å². The molecule has 0 fully saturated rings. The van der Waals surface area contributed by atoms with Crippen LogP contribution in [0.2, 0.25) is 0 Å². The number of phenolic OH excluding ortho intramolecular Hbond substituents is 1. The Labute approximate surface area is 98.9 Å². The molecule has 0 radical (unpaired) electrons. The average molecular weight is 283 g/mol. The second kappa shape index (κ2) is 3.97. The Kier molecular flexibility index (Phi) is 2.66. The van der Waals surface area contributed by atoms with Crippen LogP contribution >= 0.6 is 15.9 Å². The van der Waals surface area contributed by atoms with Crippen molar-refractivity contribution in [1.29, 1.82) is 0 Å². The fourth-order valence-electron chi connectivity index (χ4n) is 1.36. The Morgan fingerprint density at radius 2 is 2.19 bits per heavy atom. The van der Waals surface area contributed by atoms with Gasteiger partial charge in [-0.1, -0.05) is 12.1 Å². The van der Waals surface area contributed by atoms with Crippen LogP contribution in [0.4, 0.5) is 0 Å². The highest BCUT2D eigenvalue weighted by molar-refractivity contribution is 9.10. The van der Waals surface area contributed by atoms with Gasteiger partial charge in [0.1, 0.15) is 11.4 Å². The van der Waals surface area contributed by atoms with Crippen LogP contribution in [0.1, 0.15) is 10.5 Å². The molecule has 16 heavy (non-hydrogen) atoms. The summed E-state index contributed by atoms with van der Waals surface area (Å²) in [5, 5.41) is 18.3. The molecule has 0 unspecified atom stereocenters. The SMILES string of the molecule is O=C(O)c1[nH]c(Br)nc1-c1cccc(O)c1. The van der Waals surface area contributed by atoms with Gasteiger partial charge in [-0.05, 0) is 28.1 Å². The molecule has 82 valence electrons. The summed E-state index contributed by atoms with van der Waals surface area (Å²) in [5.41, 5.74) is 0.812. The number of rotatable bonds is 2. The van der Waals surface area contributed by atoms with Gasteiger partial charge in [0.15, 0.2) is 10.4 Å². The third-order valence-electron chi connectivity index (χ3n) is 2.01. The molecule has 0 spiro atoms. The highest BCUT2D eigenvalue weighted by Gasteiger charge is 2.17. The molecular weight excluding hydrogens is 276 g/mol. The number of phenols is 1. The lowest BCUT2D eigenvalue weighted by Gasteiger charge is -1.99. The molecule has 6 heteroatoms. The fraction of sp³-hybridized carbons (Fsp3) is 0. The highest BCUT2D eigenvalue weighted by Crippen LogP contribution is 2.26. The second-order valence-corrected chi connectivity index (χ2v) is 3.86. The summed E-state index contributed by atoms with van der Waals surface area (Å²) in [6.45, 7) is 0. The molecule has 0 aliphatic carbocycles. The van der Waals surface area contributed by atoms with Crippen molar-refractivity contribution in [3.8, 4) is 17.0 Å². The first kappa shape index (κ1) is 10.7. The molecule has 0 bridgehead atoms. The monoisotopic (exact) mass is 282 g/mol. The van der Waals surface area contributed by atoms with E-state index >= 15 is 0 Å². The maximum atomic E-state index is 10.9. The zero-order chi connectivity index (χ0) is 11.7. The number of carboxylic acids is 1. The number of aromatic carboxylic acids is 1. The number of hydrogen-bond donors (Lipinski definition) is 3. The number of benzene rings is 1. The highest BCUT2D eigenvalue weighted by atomic mass is 79.9. The minimum Gasteiger partial charge on any atom is -0.508 e. The fourth-order valence-corrected chi connectivity index (χ4v) is 1.74. The van der Waals surface area contributed by atoms with E-state index in [1.54, 1.807) is 12.1 Å². The van der Waals surface area contributed by atoms with E-state index < -0.39 is 5.97 Å². The number of halogens is 1. The van der Waals surface area contributed by atoms with Gasteiger partial charge in [0.25, 0.3) is 0 Å². The number of hydrogen-bond acceptors (Lipinski definition) is 3. The molecular formula is C10H7BrN2O3. The number of H-pyrrole nitrogens is 1. The van der Waals surface area contributed by atoms with E-state index in [-0.39, 0.29) is 17.1 Å². The summed E-state index contributed by atoms with van der Waals surface area (Å²) in [6, 6.07) is 6.26. The van der Waals surface area contributed by atoms with Gasteiger partial charge in [-0.3, -0.25) is 0 Å². The molecule has 1 heterocycles. The van der Waals surface area contributed by atoms with Gasteiger partial charge >= 0.3 is 5.97 Å². The van der Waals surface area contributed by atoms with E-state index in [2.05, 4.69) is 25.9 Å². The van der Waals surface area contributed by atoms with E-state index in [0.29, 0.717) is 10.3 Å². The third kappa shape index (κ3) is 1.92. The molecule has 0 aliphatic rings. The van der Waals surface area contributed by atoms with Crippen molar-refractivity contribution in [3.05, 3.63) is 34.7 Å². The van der Waals surface area contributed by atoms with Crippen LogP contribution in [-0.4, -0.2) is 26.2 Å². The largest absolute Gasteiger partial charge is 0.508 e. The van der Waals surface area contributed by atoms with E-state index in [0.717, 1.165) is 0 Å². The molecule has 0 atom stereocenters. The van der Waals surface area contributed by atoms with Crippen LogP contribution in [0.25, 0.3) is 11.3 Å². The quantitative estimate of drug-likeness (QED) is 0.789. The van der Waals surface area contributed by atoms with Crippen LogP contribution in [0.5, 0.6) is 5.75 Å². The number of carbonyl (C=O) groups is 1. The Bertz CT molecular complexity index is 551. The van der Waals surface area contributed by atoms with Gasteiger partial charge in [-0.15, -0.1) is 0 Å². The van der Waals surface area contributed by atoms with Crippen LogP contribution < -0.4 is 0 Å². The number of imidazole rings is 1. The zero-order valence-corrected chi connectivity index (χ0v) is 9.52. The van der Waals surface area contributed by atoms with Crippen LogP contribution in [0.3, 0.4) is 0 Å². The molecule has 1 aromatic carbocycles. The number of carboxylic acid groups (broad SMARTS) is 1. The first-order valence-electron chi connectivity index (χ1n) is 4.36. The summed E-state index contributed by atoms with van der Waals surface area (Å²) in [6.07, 6.45) is 0. The standard InChI is InChI=1S/C10H7BrN2O3/c11-10-12-7(8(13-10)9(15)16)5-2-1-3-6(14)4-5/h1-4,14H,(H,12,13)(H,15,16). The second-order valence-electron chi connectivity index (χ2n) is 3.11. The molecule has 3 N–H and O–H groups in total. The topological polar surface area (TPSA) is 86.2 Å². The predicted octanol–water partition coefficient (Wildman–Crippen LogP) is 2.24. The van der Waals surface area contributed by atoms with Gasteiger partial charge in [0, 0.05) is 5.56 Å². The van der Waals surface area contributed by atoms with Crippen molar-refractivity contribution >= 4 is 21.9 Å². The minimum atomic E-state index is -1.10. The molecule has 0 saturated heterocycles. The molecule has 2 rings (SSSR count). The number of aromatic hydroxyl groups is 1. The summed E-state index contributed by atoms with van der Waals surface area (Å²) in [4.78, 5) is 17.5. The van der Waals surface area contributed by atoms with Crippen molar-refractivity contribution in [3.63, 3.8) is 0 Å². The van der Waals surface area contributed by atoms with Crippen LogP contribution in [0.15, 0.2) is 29.0 Å². The van der Waals surface area contributed by atoms with E-state index in [4.69, 9.17) is 5.11 Å². The smallest absolute Gasteiger partial charge is 0.354 e. The maximum Gasteiger partial charge on any atom is 0.354 e. The lowest BCUT2D eigenvalue weighted by Crippen LogP contribution is -1.99. The van der Waals surface area contributed by atoms with Crippen molar-refractivity contribution < 1.29 is 15.0 Å². The van der Waals surface area contributed by atoms with Gasteiger partial charge in [0.2, 0.25) is 0 Å². The van der Waals surface area contributed by atoms with E-state index in [9.17, 15) is 9.90 Å². The zero-order valence-electron chi connectivity index (χ0n) is 7.94. The van der Waals surface area contributed by atoms with Gasteiger partial charge in [-0.25, -0.2) is 9.78 Å². The molecule has 0 saturated carbocycles. The van der Waals surface area contributed by atoms with E-state index in [1.807, 2.05) is 0 Å². The molecule has 5 nitrogen and oxygen atoms in total. The summed E-state index contributed by atoms with van der Waals surface area (Å²) < 4.78 is 0.336. The lowest BCUT2D eigenvalue weighted by atomic mass is 10.1. The maximum absolute atomic E-state index is 10.9. The van der Waals surface area contributed by atoms with Gasteiger partial charge in [-0.2, -0.15) is 0 Å². The lowest BCUT2D eigenvalue weighted by molar-refractivity contribution is 0.0692. The Hall–Kier alpha value is -1.82. The molecule has 2 aromatic rings. The van der Waals surface area contributed by atoms with E-state index in [1.165, 1.54) is 12.1 Å². The predicted molar refractivity (Wildman–Crippen MR) is 60.3 cm³/mol. The molecule has 0 amide bonds. The summed E-state index contributed by atoms with van der Waals surface area (Å²) in [7, 11) is 0. The Morgan fingerprint density at radius 3 is 2.81 bits per heavy atom. The van der Waals surface area contributed by atoms with Crippen LogP contribution in [-0.2, 0) is 0 Å². The van der Waals surface area contributed by atoms with Crippen LogP contribution in [0, 0.1) is 0 Å². The van der Waals surface area contributed by atoms with Gasteiger partial charge in [0.05, 0.1) is 0 Å². The molecule has 0 aliphatic heterocycles. The Balaban J connectivity index is 2.59. The van der Waals surface area contributed by atoms with Crippen molar-refractivity contribution in [2.24, 2.45) is 0 Å². The Morgan fingerprint density at radius 1 is 1.44 bits per heavy atom. The van der Waals surface area contributed by atoms with Crippen molar-refractivity contribution in [2.45, 2.75) is 0 Å². The van der Waals surface area contributed by atoms with Crippen molar-refractivity contribution in [1.82, 2.24) is 9.97 Å². The number of nitrogens with one attached hydrogen (secondary N) is 1.